The molecule has 0 aliphatic heterocycles. The van der Waals surface area contributed by atoms with Gasteiger partial charge in [0.05, 0.1) is 20.6 Å². The number of esters is 1. The van der Waals surface area contributed by atoms with Gasteiger partial charge in [-0.25, -0.2) is 0 Å². The van der Waals surface area contributed by atoms with Gasteiger partial charge in [-0.2, -0.15) is 0 Å². The van der Waals surface area contributed by atoms with E-state index >= 15 is 0 Å². The number of rotatable bonds is 6. The molecule has 2 rings (SSSR count). The third kappa shape index (κ3) is 3.99. The summed E-state index contributed by atoms with van der Waals surface area (Å²) in [5.41, 5.74) is 1.76. The van der Waals surface area contributed by atoms with Crippen molar-refractivity contribution in [1.29, 1.82) is 0 Å². The molecule has 0 unspecified atom stereocenters. The van der Waals surface area contributed by atoms with E-state index in [4.69, 9.17) is 14.2 Å². The lowest BCUT2D eigenvalue weighted by Gasteiger charge is -2.12. The Morgan fingerprint density at radius 1 is 0.905 bits per heavy atom. The average Bonchev–Trinajstić information content (AvgIpc) is 2.54. The predicted octanol–water partition coefficient (Wildman–Crippen LogP) is 2.99. The molecule has 0 aliphatic rings. The molecule has 0 heterocycles. The molecule has 0 fully saturated rings. The highest BCUT2D eigenvalue weighted by Gasteiger charge is 2.10. The first kappa shape index (κ1) is 14.9. The molecular formula is C17H18O4. The van der Waals surface area contributed by atoms with Crippen LogP contribution in [0.1, 0.15) is 11.1 Å². The minimum Gasteiger partial charge on any atom is -0.496 e. The first-order chi connectivity index (χ1) is 10.2. The SMILES string of the molecule is COC(=O)Cc1ccccc1OCc1ccccc1OC. The Hall–Kier alpha value is -2.49. The number of hydrogen-bond acceptors (Lipinski definition) is 4. The van der Waals surface area contributed by atoms with Crippen molar-refractivity contribution in [2.24, 2.45) is 0 Å². The molecule has 0 N–H and O–H groups in total. The molecule has 4 nitrogen and oxygen atoms in total. The van der Waals surface area contributed by atoms with Gasteiger partial charge in [0.2, 0.25) is 0 Å². The normalized spacial score (nSPS) is 10.0. The van der Waals surface area contributed by atoms with Crippen LogP contribution in [0, 0.1) is 0 Å². The average molecular weight is 286 g/mol. The number of carbonyl (C=O) groups excluding carboxylic acids is 1. The summed E-state index contributed by atoms with van der Waals surface area (Å²) < 4.78 is 15.8. The smallest absolute Gasteiger partial charge is 0.310 e. The van der Waals surface area contributed by atoms with Crippen molar-refractivity contribution in [3.05, 3.63) is 59.7 Å². The largest absolute Gasteiger partial charge is 0.496 e. The molecule has 0 saturated heterocycles. The third-order valence-corrected chi connectivity index (χ3v) is 3.11. The van der Waals surface area contributed by atoms with E-state index in [2.05, 4.69) is 0 Å². The Morgan fingerprint density at radius 3 is 2.19 bits per heavy atom. The summed E-state index contributed by atoms with van der Waals surface area (Å²) in [6, 6.07) is 15.1. The van der Waals surface area contributed by atoms with Crippen LogP contribution >= 0.6 is 0 Å². The van der Waals surface area contributed by atoms with Crippen LogP contribution in [0.15, 0.2) is 48.5 Å². The summed E-state index contributed by atoms with van der Waals surface area (Å²) in [7, 11) is 3.00. The highest BCUT2D eigenvalue weighted by molar-refractivity contribution is 5.73. The fourth-order valence-corrected chi connectivity index (χ4v) is 2.00. The van der Waals surface area contributed by atoms with Crippen LogP contribution in [-0.2, 0) is 22.6 Å². The maximum Gasteiger partial charge on any atom is 0.310 e. The molecule has 21 heavy (non-hydrogen) atoms. The van der Waals surface area contributed by atoms with Gasteiger partial charge in [0.1, 0.15) is 18.1 Å². The van der Waals surface area contributed by atoms with Crippen LogP contribution in [0.25, 0.3) is 0 Å². The minimum atomic E-state index is -0.289. The van der Waals surface area contributed by atoms with Crippen LogP contribution in [0.4, 0.5) is 0 Å². The molecular weight excluding hydrogens is 268 g/mol. The maximum absolute atomic E-state index is 11.4. The van der Waals surface area contributed by atoms with E-state index in [9.17, 15) is 4.79 Å². The molecule has 0 atom stereocenters. The van der Waals surface area contributed by atoms with Crippen molar-refractivity contribution in [2.75, 3.05) is 14.2 Å². The highest BCUT2D eigenvalue weighted by atomic mass is 16.5. The lowest BCUT2D eigenvalue weighted by atomic mass is 10.1. The van der Waals surface area contributed by atoms with Crippen LogP contribution < -0.4 is 9.47 Å². The van der Waals surface area contributed by atoms with E-state index in [0.717, 1.165) is 16.9 Å². The fraction of sp³-hybridized carbons (Fsp3) is 0.235. The van der Waals surface area contributed by atoms with E-state index in [1.165, 1.54) is 7.11 Å². The predicted molar refractivity (Wildman–Crippen MR) is 79.5 cm³/mol. The van der Waals surface area contributed by atoms with Gasteiger partial charge in [0.25, 0.3) is 0 Å². The van der Waals surface area contributed by atoms with Gasteiger partial charge in [-0.05, 0) is 12.1 Å². The zero-order valence-electron chi connectivity index (χ0n) is 12.2. The minimum absolute atomic E-state index is 0.193. The molecule has 0 amide bonds. The summed E-state index contributed by atoms with van der Waals surface area (Å²) in [5, 5.41) is 0. The number of ether oxygens (including phenoxy) is 3. The van der Waals surface area contributed by atoms with E-state index < -0.39 is 0 Å². The first-order valence-corrected chi connectivity index (χ1v) is 6.64. The van der Waals surface area contributed by atoms with E-state index in [1.54, 1.807) is 7.11 Å². The second kappa shape index (κ2) is 7.33. The number of para-hydroxylation sites is 2. The molecule has 0 saturated carbocycles. The molecule has 0 aliphatic carbocycles. The standard InChI is InChI=1S/C17H18O4/c1-19-15-9-5-4-8-14(15)12-21-16-10-6-3-7-13(16)11-17(18)20-2/h3-10H,11-12H2,1-2H3. The van der Waals surface area contributed by atoms with Crippen molar-refractivity contribution < 1.29 is 19.0 Å². The Labute approximate surface area is 124 Å². The quantitative estimate of drug-likeness (QED) is 0.766. The molecule has 2 aromatic carbocycles. The summed E-state index contributed by atoms with van der Waals surface area (Å²) in [4.78, 5) is 11.4. The lowest BCUT2D eigenvalue weighted by Crippen LogP contribution is -2.07. The Balaban J connectivity index is 2.11. The van der Waals surface area contributed by atoms with Crippen molar-refractivity contribution in [3.8, 4) is 11.5 Å². The van der Waals surface area contributed by atoms with E-state index in [1.807, 2.05) is 48.5 Å². The topological polar surface area (TPSA) is 44.8 Å². The van der Waals surface area contributed by atoms with Crippen molar-refractivity contribution in [2.45, 2.75) is 13.0 Å². The van der Waals surface area contributed by atoms with Gasteiger partial charge >= 0.3 is 5.97 Å². The van der Waals surface area contributed by atoms with Gasteiger partial charge in [0, 0.05) is 11.1 Å². The zero-order chi connectivity index (χ0) is 15.1. The van der Waals surface area contributed by atoms with Gasteiger partial charge in [-0.3, -0.25) is 4.79 Å². The second-order valence-corrected chi connectivity index (χ2v) is 4.46. The number of methoxy groups -OCH3 is 2. The van der Waals surface area contributed by atoms with Crippen molar-refractivity contribution >= 4 is 5.97 Å². The fourth-order valence-electron chi connectivity index (χ4n) is 2.00. The van der Waals surface area contributed by atoms with Crippen LogP contribution in [0.2, 0.25) is 0 Å². The van der Waals surface area contributed by atoms with E-state index in [0.29, 0.717) is 12.4 Å². The molecule has 4 heteroatoms. The first-order valence-electron chi connectivity index (χ1n) is 6.64. The van der Waals surface area contributed by atoms with Gasteiger partial charge in [0.15, 0.2) is 0 Å². The summed E-state index contributed by atoms with van der Waals surface area (Å²) in [6.45, 7) is 0.377. The summed E-state index contributed by atoms with van der Waals surface area (Å²) in [6.07, 6.45) is 0.193. The highest BCUT2D eigenvalue weighted by Crippen LogP contribution is 2.23. The molecule has 0 spiro atoms. The van der Waals surface area contributed by atoms with E-state index in [-0.39, 0.29) is 12.4 Å². The number of carbonyl (C=O) groups is 1. The molecule has 110 valence electrons. The number of benzene rings is 2. The van der Waals surface area contributed by atoms with Gasteiger partial charge < -0.3 is 14.2 Å². The van der Waals surface area contributed by atoms with Crippen molar-refractivity contribution in [1.82, 2.24) is 0 Å². The van der Waals surface area contributed by atoms with Crippen LogP contribution in [0.5, 0.6) is 11.5 Å². The number of hydrogen-bond donors (Lipinski definition) is 0. The lowest BCUT2D eigenvalue weighted by molar-refractivity contribution is -0.139. The Morgan fingerprint density at radius 2 is 1.52 bits per heavy atom. The monoisotopic (exact) mass is 286 g/mol. The van der Waals surface area contributed by atoms with Crippen LogP contribution in [-0.4, -0.2) is 20.2 Å². The Kier molecular flexibility index (Phi) is 5.21. The van der Waals surface area contributed by atoms with Crippen LogP contribution in [0.3, 0.4) is 0 Å². The molecule has 2 aromatic rings. The Bertz CT molecular complexity index is 607. The second-order valence-electron chi connectivity index (χ2n) is 4.46. The third-order valence-electron chi connectivity index (χ3n) is 3.11. The molecule has 0 bridgehead atoms. The van der Waals surface area contributed by atoms with Gasteiger partial charge in [-0.15, -0.1) is 0 Å². The molecule has 0 aromatic heterocycles. The maximum atomic E-state index is 11.4. The van der Waals surface area contributed by atoms with Crippen molar-refractivity contribution in [3.63, 3.8) is 0 Å². The van der Waals surface area contributed by atoms with Gasteiger partial charge in [-0.1, -0.05) is 36.4 Å². The molecule has 0 radical (unpaired) electrons. The summed E-state index contributed by atoms with van der Waals surface area (Å²) in [5.74, 6) is 1.17. The zero-order valence-corrected chi connectivity index (χ0v) is 12.2. The summed E-state index contributed by atoms with van der Waals surface area (Å²) >= 11 is 0.